The van der Waals surface area contributed by atoms with Crippen molar-refractivity contribution < 1.29 is 45.5 Å². The Labute approximate surface area is 56.6 Å². The van der Waals surface area contributed by atoms with Gasteiger partial charge in [-0.15, -0.1) is 0 Å². The van der Waals surface area contributed by atoms with Gasteiger partial charge < -0.3 is 11.0 Å². The van der Waals surface area contributed by atoms with Crippen molar-refractivity contribution in [2.75, 3.05) is 0 Å². The molecule has 0 aliphatic heterocycles. The average Bonchev–Trinajstić information content (AvgIpc) is 0.722. The first-order valence-corrected chi connectivity index (χ1v) is 2.10. The monoisotopic (exact) mass is 189 g/mol. The van der Waals surface area contributed by atoms with Crippen molar-refractivity contribution in [3.05, 3.63) is 0 Å². The smallest absolute Gasteiger partial charge is 0.394 e. The molecular formula is H6MnO6S. The Morgan fingerprint density at radius 2 is 1.00 bits per heavy atom. The number of rotatable bonds is 0. The molecule has 0 bridgehead atoms. The summed E-state index contributed by atoms with van der Waals surface area (Å²) in [6.45, 7) is 0. The first kappa shape index (κ1) is 23.9. The molecule has 1 radical (unpaired) electrons. The first-order valence-electron chi connectivity index (χ1n) is 0.698. The fourth-order valence-corrected chi connectivity index (χ4v) is 0. The molecule has 0 aliphatic carbocycles. The van der Waals surface area contributed by atoms with Gasteiger partial charge in [-0.2, -0.15) is 8.42 Å². The van der Waals surface area contributed by atoms with Crippen LogP contribution in [0, 0.1) is 0 Å². The van der Waals surface area contributed by atoms with Gasteiger partial charge in [0.2, 0.25) is 0 Å². The van der Waals surface area contributed by atoms with E-state index in [-0.39, 0.29) is 28.0 Å². The Hall–Kier alpha value is 0.309. The molecule has 0 aromatic heterocycles. The predicted octanol–water partition coefficient (Wildman–Crippen LogP) is -2.30. The van der Waals surface area contributed by atoms with Gasteiger partial charge in [0, 0.05) is 17.1 Å². The van der Waals surface area contributed by atoms with Gasteiger partial charge in [-0.25, -0.2) is 0 Å². The van der Waals surface area contributed by atoms with Crippen molar-refractivity contribution in [2.24, 2.45) is 0 Å². The second kappa shape index (κ2) is 7.31. The molecule has 0 spiro atoms. The quantitative estimate of drug-likeness (QED) is 0.326. The summed E-state index contributed by atoms with van der Waals surface area (Å²) in [5, 5.41) is 0. The Morgan fingerprint density at radius 3 is 1.00 bits per heavy atom. The summed E-state index contributed by atoms with van der Waals surface area (Å²) in [7, 11) is -4.67. The summed E-state index contributed by atoms with van der Waals surface area (Å²) < 4.78 is 31.6. The fraction of sp³-hybridized carbons (Fsp3) is 0. The van der Waals surface area contributed by atoms with E-state index >= 15 is 0 Å². The van der Waals surface area contributed by atoms with E-state index in [0.29, 0.717) is 0 Å². The van der Waals surface area contributed by atoms with E-state index in [4.69, 9.17) is 17.5 Å². The van der Waals surface area contributed by atoms with Crippen molar-refractivity contribution in [2.45, 2.75) is 0 Å². The molecule has 0 saturated heterocycles. The average molecular weight is 189 g/mol. The molecule has 0 aliphatic rings. The Bertz CT molecular complexity index is 91.7. The van der Waals surface area contributed by atoms with Gasteiger partial charge in [-0.1, -0.05) is 0 Å². The maximum absolute atomic E-state index is 8.74. The third-order valence-electron chi connectivity index (χ3n) is 0. The zero-order valence-electron chi connectivity index (χ0n) is 3.50. The normalized spacial score (nSPS) is 7.25. The fourth-order valence-electron chi connectivity index (χ4n) is 0. The zero-order valence-corrected chi connectivity index (χ0v) is 5.49. The van der Waals surface area contributed by atoms with Crippen LogP contribution in [0.4, 0.5) is 0 Å². The summed E-state index contributed by atoms with van der Waals surface area (Å²) in [4.78, 5) is 0. The molecule has 0 saturated carbocycles. The van der Waals surface area contributed by atoms with Crippen LogP contribution < -0.4 is 0 Å². The Morgan fingerprint density at radius 1 is 1.00 bits per heavy atom. The van der Waals surface area contributed by atoms with Gasteiger partial charge in [-0.3, -0.25) is 9.11 Å². The summed E-state index contributed by atoms with van der Waals surface area (Å²) >= 11 is 0. The second-order valence-corrected chi connectivity index (χ2v) is 1.34. The molecule has 55 valence electrons. The SMILES string of the molecule is O.O.O=S(=O)(O)O.[Mn]. The van der Waals surface area contributed by atoms with Crippen molar-refractivity contribution in [3.63, 3.8) is 0 Å². The molecule has 0 atom stereocenters. The number of hydrogen-bond donors (Lipinski definition) is 2. The van der Waals surface area contributed by atoms with Crippen molar-refractivity contribution >= 4 is 10.4 Å². The van der Waals surface area contributed by atoms with Crippen LogP contribution in [0.5, 0.6) is 0 Å². The maximum Gasteiger partial charge on any atom is 0.394 e. The molecule has 0 heterocycles. The molecule has 0 amide bonds. The minimum Gasteiger partial charge on any atom is -0.412 e. The standard InChI is InChI=1S/Mn.H2O4S.2H2O/c;1-5(2,3)4;;/h;(H2,1,2,3,4);2*1H2. The van der Waals surface area contributed by atoms with Gasteiger partial charge in [0.15, 0.2) is 0 Å². The molecule has 8 heteroatoms. The topological polar surface area (TPSA) is 138 Å². The molecule has 0 rings (SSSR count). The minimum atomic E-state index is -4.67. The van der Waals surface area contributed by atoms with Crippen molar-refractivity contribution in [1.29, 1.82) is 0 Å². The van der Waals surface area contributed by atoms with Crippen LogP contribution in [0.1, 0.15) is 0 Å². The second-order valence-electron chi connectivity index (χ2n) is 0.448. The van der Waals surface area contributed by atoms with E-state index < -0.39 is 10.4 Å². The summed E-state index contributed by atoms with van der Waals surface area (Å²) in [5.74, 6) is 0. The summed E-state index contributed by atoms with van der Waals surface area (Å²) in [6, 6.07) is 0. The minimum absolute atomic E-state index is 0. The molecule has 0 aromatic rings. The van der Waals surface area contributed by atoms with Gasteiger partial charge >= 0.3 is 10.4 Å². The van der Waals surface area contributed by atoms with Crippen LogP contribution >= 0.6 is 0 Å². The molecule has 6 N–H and O–H groups in total. The maximum atomic E-state index is 8.74. The van der Waals surface area contributed by atoms with E-state index in [1.54, 1.807) is 0 Å². The Balaban J connectivity index is -0.0000000267. The van der Waals surface area contributed by atoms with Crippen molar-refractivity contribution in [3.8, 4) is 0 Å². The van der Waals surface area contributed by atoms with Gasteiger partial charge in [0.1, 0.15) is 0 Å². The molecule has 6 nitrogen and oxygen atoms in total. The molecule has 0 aromatic carbocycles. The van der Waals surface area contributed by atoms with Gasteiger partial charge in [-0.05, 0) is 0 Å². The third-order valence-corrected chi connectivity index (χ3v) is 0. The van der Waals surface area contributed by atoms with E-state index in [0.717, 1.165) is 0 Å². The van der Waals surface area contributed by atoms with Gasteiger partial charge in [0.25, 0.3) is 0 Å². The number of hydrogen-bond acceptors (Lipinski definition) is 2. The van der Waals surface area contributed by atoms with Crippen LogP contribution in [-0.2, 0) is 27.5 Å². The van der Waals surface area contributed by atoms with Crippen LogP contribution in [0.15, 0.2) is 0 Å². The molecule has 8 heavy (non-hydrogen) atoms. The zero-order chi connectivity index (χ0) is 4.50. The van der Waals surface area contributed by atoms with Crippen LogP contribution in [0.25, 0.3) is 0 Å². The summed E-state index contributed by atoms with van der Waals surface area (Å²) in [6.07, 6.45) is 0. The molecule has 0 unspecified atom stereocenters. The molecular weight excluding hydrogens is 183 g/mol. The van der Waals surface area contributed by atoms with E-state index in [1.165, 1.54) is 0 Å². The van der Waals surface area contributed by atoms with Crippen molar-refractivity contribution in [1.82, 2.24) is 0 Å². The van der Waals surface area contributed by atoms with Gasteiger partial charge in [0.05, 0.1) is 0 Å². The van der Waals surface area contributed by atoms with Crippen LogP contribution in [0.3, 0.4) is 0 Å². The molecule has 0 fully saturated rings. The Kier molecular flexibility index (Phi) is 21.8. The third kappa shape index (κ3) is 1860. The van der Waals surface area contributed by atoms with E-state index in [2.05, 4.69) is 0 Å². The van der Waals surface area contributed by atoms with E-state index in [9.17, 15) is 0 Å². The largest absolute Gasteiger partial charge is 0.412 e. The predicted molar refractivity (Wildman–Crippen MR) is 21.4 cm³/mol. The summed E-state index contributed by atoms with van der Waals surface area (Å²) in [5.41, 5.74) is 0. The van der Waals surface area contributed by atoms with Crippen LogP contribution in [0.2, 0.25) is 0 Å². The first-order chi connectivity index (χ1) is 2.00. The van der Waals surface area contributed by atoms with Crippen LogP contribution in [-0.4, -0.2) is 28.5 Å². The van der Waals surface area contributed by atoms with E-state index in [1.807, 2.05) is 0 Å².